The first-order chi connectivity index (χ1) is 8.04. The molecule has 1 aromatic rings. The van der Waals surface area contributed by atoms with Gasteiger partial charge in [0.05, 0.1) is 23.3 Å². The van der Waals surface area contributed by atoms with E-state index in [9.17, 15) is 14.9 Å². The van der Waals surface area contributed by atoms with Crippen LogP contribution >= 0.6 is 11.8 Å². The second kappa shape index (κ2) is 6.24. The second-order valence-electron chi connectivity index (χ2n) is 3.40. The highest BCUT2D eigenvalue weighted by Gasteiger charge is 2.14. The lowest BCUT2D eigenvalue weighted by Gasteiger charge is -2.03. The summed E-state index contributed by atoms with van der Waals surface area (Å²) in [5.74, 6) is 0.156. The van der Waals surface area contributed by atoms with E-state index < -0.39 is 4.92 Å². The molecule has 0 fully saturated rings. The number of aryl methyl sites for hydroxylation is 1. The third kappa shape index (κ3) is 4.07. The van der Waals surface area contributed by atoms with Crippen molar-refractivity contribution in [1.29, 1.82) is 0 Å². The van der Waals surface area contributed by atoms with E-state index in [1.165, 1.54) is 24.9 Å². The van der Waals surface area contributed by atoms with Crippen LogP contribution in [0.25, 0.3) is 0 Å². The van der Waals surface area contributed by atoms with Crippen molar-refractivity contribution >= 4 is 23.4 Å². The van der Waals surface area contributed by atoms with Crippen LogP contribution in [0.4, 0.5) is 5.69 Å². The number of nitro benzene ring substituents is 1. The van der Waals surface area contributed by atoms with Crippen molar-refractivity contribution in [2.75, 3.05) is 12.9 Å². The minimum absolute atomic E-state index is 0.0832. The van der Waals surface area contributed by atoms with Gasteiger partial charge >= 0.3 is 5.97 Å². The van der Waals surface area contributed by atoms with Crippen molar-refractivity contribution in [3.05, 3.63) is 33.9 Å². The molecule has 0 unspecified atom stereocenters. The van der Waals surface area contributed by atoms with E-state index in [2.05, 4.69) is 4.74 Å². The minimum atomic E-state index is -0.409. The van der Waals surface area contributed by atoms with Crippen molar-refractivity contribution in [2.24, 2.45) is 0 Å². The SMILES string of the molecule is COC(=O)CCSc1ccc(C)cc1[N+](=O)[O-]. The average molecular weight is 255 g/mol. The summed E-state index contributed by atoms with van der Waals surface area (Å²) in [7, 11) is 1.32. The number of methoxy groups -OCH3 is 1. The Bertz CT molecular complexity index is 433. The molecule has 0 radical (unpaired) electrons. The highest BCUT2D eigenvalue weighted by molar-refractivity contribution is 7.99. The number of thioether (sulfide) groups is 1. The summed E-state index contributed by atoms with van der Waals surface area (Å²) in [4.78, 5) is 21.9. The minimum Gasteiger partial charge on any atom is -0.469 e. The molecule has 1 aromatic carbocycles. The topological polar surface area (TPSA) is 69.4 Å². The highest BCUT2D eigenvalue weighted by Crippen LogP contribution is 2.30. The molecule has 6 heteroatoms. The molecule has 0 saturated heterocycles. The number of esters is 1. The molecule has 0 bridgehead atoms. The number of benzene rings is 1. The average Bonchev–Trinajstić information content (AvgIpc) is 2.30. The van der Waals surface area contributed by atoms with E-state index in [4.69, 9.17) is 0 Å². The first-order valence-corrected chi connectivity index (χ1v) is 5.98. The predicted molar refractivity (Wildman–Crippen MR) is 65.2 cm³/mol. The Labute approximate surface area is 103 Å². The smallest absolute Gasteiger partial charge is 0.306 e. The van der Waals surface area contributed by atoms with Gasteiger partial charge in [0.1, 0.15) is 0 Å². The van der Waals surface area contributed by atoms with Crippen molar-refractivity contribution in [2.45, 2.75) is 18.2 Å². The van der Waals surface area contributed by atoms with Crippen molar-refractivity contribution in [3.63, 3.8) is 0 Å². The molecule has 0 spiro atoms. The van der Waals surface area contributed by atoms with Gasteiger partial charge in [-0.25, -0.2) is 0 Å². The molecule has 0 N–H and O–H groups in total. The first-order valence-electron chi connectivity index (χ1n) is 4.99. The summed E-state index contributed by atoms with van der Waals surface area (Å²) in [5, 5.41) is 10.8. The second-order valence-corrected chi connectivity index (χ2v) is 4.54. The van der Waals surface area contributed by atoms with Gasteiger partial charge in [-0.05, 0) is 18.6 Å². The maximum atomic E-state index is 10.9. The van der Waals surface area contributed by atoms with Crippen LogP contribution in [0.15, 0.2) is 23.1 Å². The summed E-state index contributed by atoms with van der Waals surface area (Å²) in [6, 6.07) is 5.05. The van der Waals surface area contributed by atoms with E-state index in [-0.39, 0.29) is 18.1 Å². The summed E-state index contributed by atoms with van der Waals surface area (Å²) < 4.78 is 4.50. The van der Waals surface area contributed by atoms with Gasteiger partial charge in [-0.15, -0.1) is 11.8 Å². The van der Waals surface area contributed by atoms with Gasteiger partial charge in [0, 0.05) is 11.8 Å². The van der Waals surface area contributed by atoms with Crippen LogP contribution in [0.3, 0.4) is 0 Å². The van der Waals surface area contributed by atoms with Gasteiger partial charge in [0.25, 0.3) is 5.69 Å². The van der Waals surface area contributed by atoms with E-state index in [0.717, 1.165) is 5.56 Å². The number of carbonyl (C=O) groups excluding carboxylic acids is 1. The standard InChI is InChI=1S/C11H13NO4S/c1-8-3-4-10(9(7-8)12(14)15)17-6-5-11(13)16-2/h3-4,7H,5-6H2,1-2H3. The Kier molecular flexibility index (Phi) is 4.96. The number of rotatable bonds is 5. The Balaban J connectivity index is 2.70. The third-order valence-electron chi connectivity index (χ3n) is 2.10. The number of ether oxygens (including phenoxy) is 1. The van der Waals surface area contributed by atoms with Gasteiger partial charge in [-0.1, -0.05) is 6.07 Å². The molecule has 0 aliphatic heterocycles. The van der Waals surface area contributed by atoms with Gasteiger partial charge in [-0.2, -0.15) is 0 Å². The number of carbonyl (C=O) groups is 1. The lowest BCUT2D eigenvalue weighted by Crippen LogP contribution is -2.01. The zero-order valence-corrected chi connectivity index (χ0v) is 10.5. The normalized spacial score (nSPS) is 10.0. The zero-order chi connectivity index (χ0) is 12.8. The Morgan fingerprint density at radius 2 is 2.24 bits per heavy atom. The summed E-state index contributed by atoms with van der Waals surface area (Å²) in [6.45, 7) is 1.80. The quantitative estimate of drug-likeness (QED) is 0.350. The van der Waals surface area contributed by atoms with Crippen LogP contribution in [-0.2, 0) is 9.53 Å². The molecule has 0 saturated carbocycles. The lowest BCUT2D eigenvalue weighted by atomic mass is 10.2. The number of hydrogen-bond donors (Lipinski definition) is 0. The van der Waals surface area contributed by atoms with Crippen molar-refractivity contribution in [1.82, 2.24) is 0 Å². The maximum Gasteiger partial charge on any atom is 0.306 e. The maximum absolute atomic E-state index is 10.9. The molecule has 0 aromatic heterocycles. The molecule has 0 aliphatic rings. The number of nitrogens with zero attached hydrogens (tertiary/aromatic N) is 1. The molecular weight excluding hydrogens is 242 g/mol. The van der Waals surface area contributed by atoms with Crippen LogP contribution in [0.1, 0.15) is 12.0 Å². The van der Waals surface area contributed by atoms with Crippen LogP contribution in [0.5, 0.6) is 0 Å². The van der Waals surface area contributed by atoms with Crippen LogP contribution in [0, 0.1) is 17.0 Å². The molecule has 1 rings (SSSR count). The highest BCUT2D eigenvalue weighted by atomic mass is 32.2. The summed E-state index contributed by atoms with van der Waals surface area (Å²) in [5.41, 5.74) is 0.925. The molecule has 0 atom stereocenters. The fourth-order valence-corrected chi connectivity index (χ4v) is 2.17. The monoisotopic (exact) mass is 255 g/mol. The molecule has 0 amide bonds. The summed E-state index contributed by atoms with van der Waals surface area (Å²) in [6.07, 6.45) is 0.242. The van der Waals surface area contributed by atoms with Gasteiger partial charge in [0.15, 0.2) is 0 Å². The summed E-state index contributed by atoms with van der Waals surface area (Å²) >= 11 is 1.29. The Hall–Kier alpha value is -1.56. The molecule has 17 heavy (non-hydrogen) atoms. The fourth-order valence-electron chi connectivity index (χ4n) is 1.24. The molecule has 5 nitrogen and oxygen atoms in total. The molecule has 92 valence electrons. The van der Waals surface area contributed by atoms with Crippen LogP contribution in [0.2, 0.25) is 0 Å². The van der Waals surface area contributed by atoms with Crippen molar-refractivity contribution < 1.29 is 14.5 Å². The van der Waals surface area contributed by atoms with Gasteiger partial charge < -0.3 is 4.74 Å². The fraction of sp³-hybridized carbons (Fsp3) is 0.364. The largest absolute Gasteiger partial charge is 0.469 e. The Morgan fingerprint density at radius 1 is 1.53 bits per heavy atom. The molecular formula is C11H13NO4S. The molecule has 0 aliphatic carbocycles. The Morgan fingerprint density at radius 3 is 2.82 bits per heavy atom. The predicted octanol–water partition coefficient (Wildman–Crippen LogP) is 2.56. The van der Waals surface area contributed by atoms with Crippen LogP contribution < -0.4 is 0 Å². The number of nitro groups is 1. The third-order valence-corrected chi connectivity index (χ3v) is 3.17. The van der Waals surface area contributed by atoms with Gasteiger partial charge in [-0.3, -0.25) is 14.9 Å². The van der Waals surface area contributed by atoms with Crippen LogP contribution in [-0.4, -0.2) is 23.8 Å². The van der Waals surface area contributed by atoms with E-state index in [1.54, 1.807) is 13.0 Å². The van der Waals surface area contributed by atoms with E-state index in [0.29, 0.717) is 10.6 Å². The first kappa shape index (κ1) is 13.5. The van der Waals surface area contributed by atoms with Gasteiger partial charge in [0.2, 0.25) is 0 Å². The number of hydrogen-bond acceptors (Lipinski definition) is 5. The molecule has 0 heterocycles. The van der Waals surface area contributed by atoms with Crippen molar-refractivity contribution in [3.8, 4) is 0 Å². The lowest BCUT2D eigenvalue weighted by molar-refractivity contribution is -0.387. The van der Waals surface area contributed by atoms with E-state index >= 15 is 0 Å². The van der Waals surface area contributed by atoms with E-state index in [1.807, 2.05) is 6.07 Å². The zero-order valence-electron chi connectivity index (χ0n) is 9.63.